The summed E-state index contributed by atoms with van der Waals surface area (Å²) in [4.78, 5) is 31.8. The molecule has 1 aliphatic rings. The Morgan fingerprint density at radius 2 is 1.91 bits per heavy atom. The van der Waals surface area contributed by atoms with Crippen LogP contribution in [0.3, 0.4) is 0 Å². The molecule has 0 saturated carbocycles. The van der Waals surface area contributed by atoms with Crippen molar-refractivity contribution in [3.63, 3.8) is 0 Å². The van der Waals surface area contributed by atoms with Gasteiger partial charge in [0.25, 0.3) is 5.91 Å². The van der Waals surface area contributed by atoms with E-state index in [2.05, 4.69) is 11.4 Å². The second-order valence-corrected chi connectivity index (χ2v) is 10.5. The molecule has 5 nitrogen and oxygen atoms in total. The van der Waals surface area contributed by atoms with Crippen LogP contribution in [0.2, 0.25) is 10.0 Å². The molecule has 1 aromatic heterocycles. The van der Waals surface area contributed by atoms with Gasteiger partial charge in [-0.3, -0.25) is 9.59 Å². The summed E-state index contributed by atoms with van der Waals surface area (Å²) in [6.45, 7) is 4.87. The number of thiophene rings is 1. The van der Waals surface area contributed by atoms with Gasteiger partial charge >= 0.3 is 0 Å². The Morgan fingerprint density at radius 3 is 2.63 bits per heavy atom. The summed E-state index contributed by atoms with van der Waals surface area (Å²) in [6.07, 6.45) is 1.53. The van der Waals surface area contributed by atoms with Crippen molar-refractivity contribution in [2.24, 2.45) is 0 Å². The van der Waals surface area contributed by atoms with E-state index >= 15 is 0 Å². The summed E-state index contributed by atoms with van der Waals surface area (Å²) in [5.41, 5.74) is 1.59. The van der Waals surface area contributed by atoms with E-state index in [9.17, 15) is 9.59 Å². The molecule has 35 heavy (non-hydrogen) atoms. The number of halogens is 2. The van der Waals surface area contributed by atoms with Crippen molar-refractivity contribution >= 4 is 46.4 Å². The van der Waals surface area contributed by atoms with Crippen molar-refractivity contribution in [2.45, 2.75) is 38.8 Å². The highest BCUT2D eigenvalue weighted by molar-refractivity contribution is 7.10. The predicted octanol–water partition coefficient (Wildman–Crippen LogP) is 6.50. The predicted molar refractivity (Wildman–Crippen MR) is 142 cm³/mol. The minimum atomic E-state index is -0.228. The zero-order valence-electron chi connectivity index (χ0n) is 19.7. The van der Waals surface area contributed by atoms with Gasteiger partial charge in [0.2, 0.25) is 5.91 Å². The van der Waals surface area contributed by atoms with E-state index in [1.54, 1.807) is 52.6 Å². The van der Waals surface area contributed by atoms with E-state index in [4.69, 9.17) is 27.9 Å². The smallest absolute Gasteiger partial charge is 0.254 e. The molecule has 1 aliphatic heterocycles. The van der Waals surface area contributed by atoms with Crippen LogP contribution in [0.15, 0.2) is 60.0 Å². The van der Waals surface area contributed by atoms with Crippen LogP contribution in [0.4, 0.5) is 0 Å². The molecule has 3 aromatic rings. The number of hydrogen-bond donors (Lipinski definition) is 0. The Bertz CT molecular complexity index is 1180. The molecule has 4 rings (SSSR count). The van der Waals surface area contributed by atoms with Crippen LogP contribution in [-0.4, -0.2) is 47.4 Å². The summed E-state index contributed by atoms with van der Waals surface area (Å²) in [5.74, 6) is 0.404. The number of fused-ring (bicyclic) bond motifs is 1. The second-order valence-electron chi connectivity index (χ2n) is 8.62. The van der Waals surface area contributed by atoms with E-state index in [1.165, 1.54) is 4.88 Å². The first-order valence-corrected chi connectivity index (χ1v) is 13.3. The normalized spacial score (nSPS) is 15.9. The van der Waals surface area contributed by atoms with Gasteiger partial charge in [-0.15, -0.1) is 11.3 Å². The monoisotopic (exact) mass is 530 g/mol. The Hall–Kier alpha value is -2.54. The van der Waals surface area contributed by atoms with Gasteiger partial charge in [-0.1, -0.05) is 36.2 Å². The number of carbonyl (C=O) groups excluding carboxylic acids is 2. The Labute approximate surface area is 220 Å². The molecule has 8 heteroatoms. The molecule has 184 valence electrons. The highest BCUT2D eigenvalue weighted by Crippen LogP contribution is 2.34. The number of amides is 2. The molecule has 0 unspecified atom stereocenters. The van der Waals surface area contributed by atoms with Crippen molar-refractivity contribution in [3.8, 4) is 5.75 Å². The van der Waals surface area contributed by atoms with E-state index in [-0.39, 0.29) is 30.4 Å². The molecule has 2 aromatic carbocycles. The Kier molecular flexibility index (Phi) is 8.37. The molecular weight excluding hydrogens is 503 g/mol. The van der Waals surface area contributed by atoms with Gasteiger partial charge in [-0.25, -0.2) is 0 Å². The first-order valence-electron chi connectivity index (χ1n) is 11.7. The SMILES string of the molecule is CC[C@@H](C)N(CC(=O)N1CCc2sccc2[C@@H]1COc1ccc(Cl)cc1)C(=O)c1cccc(Cl)c1. The number of hydrogen-bond acceptors (Lipinski definition) is 4. The molecule has 2 heterocycles. The Morgan fingerprint density at radius 1 is 1.14 bits per heavy atom. The highest BCUT2D eigenvalue weighted by Gasteiger charge is 2.34. The number of ether oxygens (including phenoxy) is 1. The fraction of sp³-hybridized carbons (Fsp3) is 0.333. The minimum Gasteiger partial charge on any atom is -0.491 e. The average Bonchev–Trinajstić information content (AvgIpc) is 3.35. The van der Waals surface area contributed by atoms with Crippen molar-refractivity contribution in [3.05, 3.63) is 86.0 Å². The number of rotatable bonds is 8. The molecule has 0 fully saturated rings. The van der Waals surface area contributed by atoms with Crippen LogP contribution >= 0.6 is 34.5 Å². The fourth-order valence-corrected chi connectivity index (χ4v) is 5.50. The van der Waals surface area contributed by atoms with E-state index < -0.39 is 0 Å². The van der Waals surface area contributed by atoms with Gasteiger partial charge in [0, 0.05) is 33.1 Å². The summed E-state index contributed by atoms with van der Waals surface area (Å²) in [6, 6.07) is 15.8. The lowest BCUT2D eigenvalue weighted by molar-refractivity contribution is -0.136. The van der Waals surface area contributed by atoms with Gasteiger partial charge in [0.05, 0.1) is 6.04 Å². The lowest BCUT2D eigenvalue weighted by Gasteiger charge is -2.38. The molecule has 0 radical (unpaired) electrons. The Balaban J connectivity index is 1.54. The second kappa shape index (κ2) is 11.5. The topological polar surface area (TPSA) is 49.9 Å². The molecule has 0 N–H and O–H groups in total. The highest BCUT2D eigenvalue weighted by atomic mass is 35.5. The van der Waals surface area contributed by atoms with Crippen molar-refractivity contribution in [2.75, 3.05) is 19.7 Å². The summed E-state index contributed by atoms with van der Waals surface area (Å²) < 4.78 is 6.07. The van der Waals surface area contributed by atoms with Gasteiger partial charge in [-0.2, -0.15) is 0 Å². The van der Waals surface area contributed by atoms with Crippen LogP contribution in [0.5, 0.6) is 5.75 Å². The van der Waals surface area contributed by atoms with Crippen LogP contribution in [0.25, 0.3) is 0 Å². The number of carbonyl (C=O) groups is 2. The largest absolute Gasteiger partial charge is 0.491 e. The molecular formula is C27H28Cl2N2O3S. The quantitative estimate of drug-likeness (QED) is 0.334. The lowest BCUT2D eigenvalue weighted by atomic mass is 10.00. The van der Waals surface area contributed by atoms with Crippen molar-refractivity contribution < 1.29 is 14.3 Å². The summed E-state index contributed by atoms with van der Waals surface area (Å²) in [5, 5.41) is 3.19. The zero-order chi connectivity index (χ0) is 24.9. The zero-order valence-corrected chi connectivity index (χ0v) is 22.1. The van der Waals surface area contributed by atoms with E-state index in [0.29, 0.717) is 34.5 Å². The average molecular weight is 532 g/mol. The van der Waals surface area contributed by atoms with Gasteiger partial charge in [-0.05, 0) is 79.2 Å². The molecule has 2 amide bonds. The maximum Gasteiger partial charge on any atom is 0.254 e. The molecule has 0 bridgehead atoms. The fourth-order valence-electron chi connectivity index (χ4n) is 4.25. The van der Waals surface area contributed by atoms with Crippen LogP contribution in [-0.2, 0) is 11.2 Å². The maximum atomic E-state index is 13.7. The number of nitrogens with zero attached hydrogens (tertiary/aromatic N) is 2. The third-order valence-electron chi connectivity index (χ3n) is 6.40. The van der Waals surface area contributed by atoms with E-state index in [0.717, 1.165) is 18.4 Å². The minimum absolute atomic E-state index is 0.00271. The van der Waals surface area contributed by atoms with Gasteiger partial charge in [0.15, 0.2) is 0 Å². The summed E-state index contributed by atoms with van der Waals surface area (Å²) in [7, 11) is 0. The van der Waals surface area contributed by atoms with Crippen LogP contribution in [0, 0.1) is 0 Å². The molecule has 2 atom stereocenters. The van der Waals surface area contributed by atoms with Crippen LogP contribution in [0.1, 0.15) is 47.1 Å². The van der Waals surface area contributed by atoms with Gasteiger partial charge < -0.3 is 14.5 Å². The third kappa shape index (κ3) is 6.00. The third-order valence-corrected chi connectivity index (χ3v) is 7.88. The summed E-state index contributed by atoms with van der Waals surface area (Å²) >= 11 is 13.8. The lowest BCUT2D eigenvalue weighted by Crippen LogP contribution is -2.49. The van der Waals surface area contributed by atoms with Crippen LogP contribution < -0.4 is 4.74 Å². The standard InChI is InChI=1S/C27H28Cl2N2O3S/c1-3-18(2)31(27(33)19-5-4-6-21(29)15-19)16-26(32)30-13-11-25-23(12-14-35-25)24(30)17-34-22-9-7-20(28)8-10-22/h4-10,12,14-15,18,24H,3,11,13,16-17H2,1-2H3/t18-,24+/m1/s1. The molecule has 0 spiro atoms. The van der Waals surface area contributed by atoms with E-state index in [1.807, 2.05) is 30.9 Å². The first kappa shape index (κ1) is 25.5. The first-order chi connectivity index (χ1) is 16.9. The van der Waals surface area contributed by atoms with Crippen molar-refractivity contribution in [1.29, 1.82) is 0 Å². The van der Waals surface area contributed by atoms with Crippen molar-refractivity contribution in [1.82, 2.24) is 9.80 Å². The maximum absolute atomic E-state index is 13.7. The number of benzene rings is 2. The molecule has 0 saturated heterocycles. The molecule has 0 aliphatic carbocycles. The van der Waals surface area contributed by atoms with Gasteiger partial charge in [0.1, 0.15) is 18.9 Å².